The van der Waals surface area contributed by atoms with Gasteiger partial charge < -0.3 is 10.2 Å². The summed E-state index contributed by atoms with van der Waals surface area (Å²) in [6.45, 7) is 8.04. The lowest BCUT2D eigenvalue weighted by atomic mass is 10.2. The number of non-ortho nitro benzene ring substituents is 1. The standard InChI is InChI=1S/C16H24N4O3/c1-3-18(4-2)15-8-9-19(12-15)16(21)17-11-13-6-5-7-14(10-13)20(22)23/h5-7,10,15H,3-4,8-9,11-12H2,1-2H3,(H,17,21)/t15-/m1/s1. The third-order valence-electron chi connectivity index (χ3n) is 4.34. The number of carbonyl (C=O) groups is 1. The molecule has 7 heteroatoms. The van der Waals surface area contributed by atoms with Gasteiger partial charge in [0.15, 0.2) is 0 Å². The highest BCUT2D eigenvalue weighted by atomic mass is 16.6. The van der Waals surface area contributed by atoms with Crippen LogP contribution in [0.2, 0.25) is 0 Å². The molecule has 0 saturated carbocycles. The second-order valence-corrected chi connectivity index (χ2v) is 5.70. The highest BCUT2D eigenvalue weighted by molar-refractivity contribution is 5.74. The Hall–Kier alpha value is -2.15. The number of hydrogen-bond donors (Lipinski definition) is 1. The van der Waals surface area contributed by atoms with Crippen LogP contribution in [-0.2, 0) is 6.54 Å². The van der Waals surface area contributed by atoms with Gasteiger partial charge in [0, 0.05) is 37.8 Å². The monoisotopic (exact) mass is 320 g/mol. The summed E-state index contributed by atoms with van der Waals surface area (Å²) in [6.07, 6.45) is 0.992. The maximum absolute atomic E-state index is 12.2. The molecule has 0 aromatic heterocycles. The number of rotatable bonds is 6. The van der Waals surface area contributed by atoms with Crippen molar-refractivity contribution in [1.29, 1.82) is 0 Å². The van der Waals surface area contributed by atoms with Crippen molar-refractivity contribution in [3.05, 3.63) is 39.9 Å². The number of nitrogens with zero attached hydrogens (tertiary/aromatic N) is 3. The van der Waals surface area contributed by atoms with Crippen molar-refractivity contribution in [3.8, 4) is 0 Å². The Morgan fingerprint density at radius 3 is 2.83 bits per heavy atom. The topological polar surface area (TPSA) is 78.7 Å². The van der Waals surface area contributed by atoms with Crippen LogP contribution in [0, 0.1) is 10.1 Å². The molecule has 1 atom stereocenters. The first-order chi connectivity index (χ1) is 11.0. The number of carbonyl (C=O) groups excluding carboxylic acids is 1. The molecule has 1 saturated heterocycles. The summed E-state index contributed by atoms with van der Waals surface area (Å²) in [5.74, 6) is 0. The van der Waals surface area contributed by atoms with Crippen molar-refractivity contribution in [2.75, 3.05) is 26.2 Å². The number of nitro groups is 1. The van der Waals surface area contributed by atoms with E-state index in [2.05, 4.69) is 24.1 Å². The van der Waals surface area contributed by atoms with Gasteiger partial charge in [0.2, 0.25) is 0 Å². The molecular weight excluding hydrogens is 296 g/mol. The Bertz CT molecular complexity index is 560. The number of likely N-dealkylation sites (N-methyl/N-ethyl adjacent to an activating group) is 1. The molecule has 2 amide bonds. The summed E-state index contributed by atoms with van der Waals surface area (Å²) < 4.78 is 0. The molecular formula is C16H24N4O3. The van der Waals surface area contributed by atoms with Crippen LogP contribution in [0.25, 0.3) is 0 Å². The first-order valence-corrected chi connectivity index (χ1v) is 8.05. The molecule has 0 aliphatic carbocycles. The summed E-state index contributed by atoms with van der Waals surface area (Å²) in [7, 11) is 0. The minimum Gasteiger partial charge on any atom is -0.334 e. The predicted molar refractivity (Wildman–Crippen MR) is 88.2 cm³/mol. The second kappa shape index (κ2) is 7.92. The smallest absolute Gasteiger partial charge is 0.317 e. The molecule has 1 aliphatic heterocycles. The van der Waals surface area contributed by atoms with E-state index < -0.39 is 4.92 Å². The van der Waals surface area contributed by atoms with Crippen LogP contribution in [-0.4, -0.2) is 53.0 Å². The number of urea groups is 1. The van der Waals surface area contributed by atoms with E-state index in [0.29, 0.717) is 12.6 Å². The van der Waals surface area contributed by atoms with Gasteiger partial charge in [-0.3, -0.25) is 15.0 Å². The van der Waals surface area contributed by atoms with Crippen LogP contribution in [0.1, 0.15) is 25.8 Å². The summed E-state index contributed by atoms with van der Waals surface area (Å²) in [5.41, 5.74) is 0.770. The van der Waals surface area contributed by atoms with Crippen LogP contribution >= 0.6 is 0 Å². The zero-order valence-electron chi connectivity index (χ0n) is 13.7. The van der Waals surface area contributed by atoms with E-state index in [0.717, 1.165) is 38.2 Å². The SMILES string of the molecule is CCN(CC)[C@@H]1CCN(C(=O)NCc2cccc([N+](=O)[O-])c2)C1. The Kier molecular flexibility index (Phi) is 5.92. The summed E-state index contributed by atoms with van der Waals surface area (Å²) >= 11 is 0. The van der Waals surface area contributed by atoms with E-state index in [1.807, 2.05) is 4.90 Å². The Morgan fingerprint density at radius 1 is 1.43 bits per heavy atom. The molecule has 0 radical (unpaired) electrons. The number of benzene rings is 1. The molecule has 7 nitrogen and oxygen atoms in total. The third kappa shape index (κ3) is 4.41. The summed E-state index contributed by atoms with van der Waals surface area (Å²) in [4.78, 5) is 26.8. The van der Waals surface area contributed by atoms with E-state index in [1.165, 1.54) is 12.1 Å². The molecule has 1 heterocycles. The number of hydrogen-bond acceptors (Lipinski definition) is 4. The molecule has 126 valence electrons. The quantitative estimate of drug-likeness (QED) is 0.644. The van der Waals surface area contributed by atoms with Crippen LogP contribution in [0.15, 0.2) is 24.3 Å². The van der Waals surface area contributed by atoms with E-state index in [-0.39, 0.29) is 11.7 Å². The van der Waals surface area contributed by atoms with E-state index >= 15 is 0 Å². The largest absolute Gasteiger partial charge is 0.334 e. The van der Waals surface area contributed by atoms with Gasteiger partial charge in [-0.2, -0.15) is 0 Å². The predicted octanol–water partition coefficient (Wildman–Crippen LogP) is 2.22. The molecule has 0 spiro atoms. The minimum absolute atomic E-state index is 0.0412. The molecule has 23 heavy (non-hydrogen) atoms. The van der Waals surface area contributed by atoms with Crippen LogP contribution < -0.4 is 5.32 Å². The van der Waals surface area contributed by atoms with Gasteiger partial charge in [0.25, 0.3) is 5.69 Å². The minimum atomic E-state index is -0.430. The zero-order valence-corrected chi connectivity index (χ0v) is 13.7. The van der Waals surface area contributed by atoms with Crippen molar-refractivity contribution < 1.29 is 9.72 Å². The van der Waals surface area contributed by atoms with Gasteiger partial charge in [0.1, 0.15) is 0 Å². The number of nitrogens with one attached hydrogen (secondary N) is 1. The molecule has 1 aliphatic rings. The van der Waals surface area contributed by atoms with Crippen LogP contribution in [0.5, 0.6) is 0 Å². The lowest BCUT2D eigenvalue weighted by Gasteiger charge is -2.26. The molecule has 1 aromatic carbocycles. The first-order valence-electron chi connectivity index (χ1n) is 8.05. The molecule has 1 aromatic rings. The molecule has 0 unspecified atom stereocenters. The first kappa shape index (κ1) is 17.2. The fraction of sp³-hybridized carbons (Fsp3) is 0.562. The molecule has 0 bridgehead atoms. The van der Waals surface area contributed by atoms with Crippen molar-refractivity contribution in [1.82, 2.24) is 15.1 Å². The zero-order chi connectivity index (χ0) is 16.8. The molecule has 1 N–H and O–H groups in total. The van der Waals surface area contributed by atoms with E-state index in [9.17, 15) is 14.9 Å². The second-order valence-electron chi connectivity index (χ2n) is 5.70. The fourth-order valence-corrected chi connectivity index (χ4v) is 3.03. The average Bonchev–Trinajstić information content (AvgIpc) is 3.04. The third-order valence-corrected chi connectivity index (χ3v) is 4.34. The Labute approximate surface area is 136 Å². The van der Waals surface area contributed by atoms with E-state index in [1.54, 1.807) is 12.1 Å². The van der Waals surface area contributed by atoms with Crippen molar-refractivity contribution >= 4 is 11.7 Å². The van der Waals surface area contributed by atoms with Gasteiger partial charge >= 0.3 is 6.03 Å². The number of likely N-dealkylation sites (tertiary alicyclic amines) is 1. The van der Waals surface area contributed by atoms with Gasteiger partial charge in [-0.25, -0.2) is 4.79 Å². The highest BCUT2D eigenvalue weighted by Gasteiger charge is 2.28. The lowest BCUT2D eigenvalue weighted by molar-refractivity contribution is -0.384. The molecule has 2 rings (SSSR count). The van der Waals surface area contributed by atoms with Crippen molar-refractivity contribution in [2.24, 2.45) is 0 Å². The fourth-order valence-electron chi connectivity index (χ4n) is 3.03. The summed E-state index contributed by atoms with van der Waals surface area (Å²) in [5, 5.41) is 13.6. The van der Waals surface area contributed by atoms with Crippen LogP contribution in [0.4, 0.5) is 10.5 Å². The maximum Gasteiger partial charge on any atom is 0.317 e. The van der Waals surface area contributed by atoms with Crippen molar-refractivity contribution in [2.45, 2.75) is 32.9 Å². The van der Waals surface area contributed by atoms with Gasteiger partial charge in [-0.1, -0.05) is 26.0 Å². The lowest BCUT2D eigenvalue weighted by Crippen LogP contribution is -2.42. The van der Waals surface area contributed by atoms with Gasteiger partial charge in [0.05, 0.1) is 4.92 Å². The molecule has 1 fully saturated rings. The van der Waals surface area contributed by atoms with Gasteiger partial charge in [-0.05, 0) is 25.1 Å². The normalized spacial score (nSPS) is 17.5. The number of amides is 2. The van der Waals surface area contributed by atoms with E-state index in [4.69, 9.17) is 0 Å². The maximum atomic E-state index is 12.2. The summed E-state index contributed by atoms with van der Waals surface area (Å²) in [6, 6.07) is 6.66. The van der Waals surface area contributed by atoms with Gasteiger partial charge in [-0.15, -0.1) is 0 Å². The highest BCUT2D eigenvalue weighted by Crippen LogP contribution is 2.16. The van der Waals surface area contributed by atoms with Crippen molar-refractivity contribution in [3.63, 3.8) is 0 Å². The number of nitro benzene ring substituents is 1. The Balaban J connectivity index is 1.86. The van der Waals surface area contributed by atoms with Crippen LogP contribution in [0.3, 0.4) is 0 Å². The average molecular weight is 320 g/mol. The Morgan fingerprint density at radius 2 is 2.17 bits per heavy atom.